The zero-order valence-electron chi connectivity index (χ0n) is 12.6. The lowest BCUT2D eigenvalue weighted by Crippen LogP contribution is -2.39. The summed E-state index contributed by atoms with van der Waals surface area (Å²) >= 11 is 7.43. The van der Waals surface area contributed by atoms with Crippen molar-refractivity contribution in [3.05, 3.63) is 17.3 Å². The molecule has 1 atom stereocenters. The van der Waals surface area contributed by atoms with E-state index in [4.69, 9.17) is 11.6 Å². The lowest BCUT2D eigenvalue weighted by atomic mass is 9.99. The Labute approximate surface area is 139 Å². The Morgan fingerprint density at radius 1 is 1.50 bits per heavy atom. The van der Waals surface area contributed by atoms with Gasteiger partial charge in [-0.2, -0.15) is 0 Å². The van der Waals surface area contributed by atoms with Crippen LogP contribution < -0.4 is 0 Å². The number of β-amino-alcohol motifs (C(OH)–C–C–N with tert-alkyl or cyclic N) is 1. The van der Waals surface area contributed by atoms with E-state index in [0.29, 0.717) is 16.4 Å². The minimum atomic E-state index is -0.344. The third-order valence-electron chi connectivity index (χ3n) is 4.04. The number of aromatic amines is 1. The number of nitrogens with one attached hydrogen (secondary N) is 1. The quantitative estimate of drug-likeness (QED) is 0.819. The highest BCUT2D eigenvalue weighted by atomic mass is 35.5. The molecule has 1 fully saturated rings. The normalized spacial score (nSPS) is 18.9. The number of nitrogens with zero attached hydrogens (tertiary/aromatic N) is 3. The molecule has 1 aliphatic heterocycles. The molecule has 1 unspecified atom stereocenters. The van der Waals surface area contributed by atoms with Crippen molar-refractivity contribution in [1.82, 2.24) is 19.9 Å². The molecule has 3 heterocycles. The van der Waals surface area contributed by atoms with Gasteiger partial charge in [0.1, 0.15) is 0 Å². The zero-order chi connectivity index (χ0) is 15.5. The average molecular weight is 341 g/mol. The number of hydrogen-bond acceptors (Lipinski definition) is 5. The fourth-order valence-electron chi connectivity index (χ4n) is 2.69. The van der Waals surface area contributed by atoms with Crippen molar-refractivity contribution in [3.63, 3.8) is 0 Å². The number of aliphatic hydroxyl groups is 1. The van der Waals surface area contributed by atoms with Crippen LogP contribution in [-0.2, 0) is 0 Å². The Balaban J connectivity index is 1.50. The van der Waals surface area contributed by atoms with Crippen LogP contribution in [0.15, 0.2) is 17.4 Å². The number of pyridine rings is 1. The van der Waals surface area contributed by atoms with Crippen LogP contribution in [0.3, 0.4) is 0 Å². The van der Waals surface area contributed by atoms with Gasteiger partial charge in [-0.3, -0.25) is 0 Å². The maximum Gasteiger partial charge on any atom is 0.178 e. The van der Waals surface area contributed by atoms with E-state index in [1.807, 2.05) is 6.07 Å². The van der Waals surface area contributed by atoms with Gasteiger partial charge in [-0.05, 0) is 37.9 Å². The molecule has 22 heavy (non-hydrogen) atoms. The number of aliphatic hydroxyl groups excluding tert-OH is 1. The monoisotopic (exact) mass is 340 g/mol. The van der Waals surface area contributed by atoms with Crippen molar-refractivity contribution in [2.24, 2.45) is 5.92 Å². The molecule has 0 aromatic carbocycles. The summed E-state index contributed by atoms with van der Waals surface area (Å²) < 4.78 is 0. The van der Waals surface area contributed by atoms with Gasteiger partial charge in [0.05, 0.1) is 16.6 Å². The molecule has 2 N–H and O–H groups in total. The summed E-state index contributed by atoms with van der Waals surface area (Å²) in [6, 6.07) is 1.81. The molecule has 0 saturated carbocycles. The maximum atomic E-state index is 10.2. The number of thioether (sulfide) groups is 1. The van der Waals surface area contributed by atoms with Crippen molar-refractivity contribution in [2.45, 2.75) is 31.0 Å². The SMILES string of the molecule is CC1CCN(CC(O)CSc2nc3ncc(Cl)cc3[nH]2)CC1. The van der Waals surface area contributed by atoms with Crippen LogP contribution in [-0.4, -0.2) is 56.4 Å². The van der Waals surface area contributed by atoms with Crippen LogP contribution in [0.25, 0.3) is 11.2 Å². The van der Waals surface area contributed by atoms with Gasteiger partial charge in [-0.15, -0.1) is 0 Å². The molecule has 7 heteroatoms. The van der Waals surface area contributed by atoms with E-state index in [0.717, 1.165) is 36.2 Å². The second-order valence-electron chi connectivity index (χ2n) is 6.01. The fourth-order valence-corrected chi connectivity index (χ4v) is 3.64. The number of piperidine rings is 1. The summed E-state index contributed by atoms with van der Waals surface area (Å²) in [6.07, 6.45) is 3.71. The Hall–Kier alpha value is -0.820. The van der Waals surface area contributed by atoms with Crippen LogP contribution in [0, 0.1) is 5.92 Å². The third kappa shape index (κ3) is 4.13. The molecule has 0 bridgehead atoms. The Kier molecular flexibility index (Phi) is 5.23. The molecule has 3 rings (SSSR count). The number of likely N-dealkylation sites (tertiary alicyclic amines) is 1. The smallest absolute Gasteiger partial charge is 0.178 e. The van der Waals surface area contributed by atoms with Gasteiger partial charge in [0.25, 0.3) is 0 Å². The molecule has 1 saturated heterocycles. The first-order valence-corrected chi connectivity index (χ1v) is 9.01. The van der Waals surface area contributed by atoms with Crippen molar-refractivity contribution in [2.75, 3.05) is 25.4 Å². The van der Waals surface area contributed by atoms with Gasteiger partial charge < -0.3 is 15.0 Å². The first kappa shape index (κ1) is 16.1. The number of hydrogen-bond donors (Lipinski definition) is 2. The van der Waals surface area contributed by atoms with E-state index in [1.165, 1.54) is 24.6 Å². The molecule has 0 amide bonds. The van der Waals surface area contributed by atoms with Gasteiger partial charge in [-0.1, -0.05) is 30.3 Å². The molecule has 2 aromatic heterocycles. The zero-order valence-corrected chi connectivity index (χ0v) is 14.2. The Morgan fingerprint density at radius 3 is 3.05 bits per heavy atom. The van der Waals surface area contributed by atoms with Crippen LogP contribution in [0.2, 0.25) is 5.02 Å². The predicted molar refractivity (Wildman–Crippen MR) is 90.5 cm³/mol. The van der Waals surface area contributed by atoms with Crippen LogP contribution >= 0.6 is 23.4 Å². The Bertz CT molecular complexity index is 627. The highest BCUT2D eigenvalue weighted by molar-refractivity contribution is 7.99. The molecule has 120 valence electrons. The number of H-pyrrole nitrogens is 1. The number of imidazole rings is 1. The molecule has 1 aliphatic rings. The van der Waals surface area contributed by atoms with Crippen LogP contribution in [0.1, 0.15) is 19.8 Å². The topological polar surface area (TPSA) is 65.0 Å². The minimum Gasteiger partial charge on any atom is -0.391 e. The van der Waals surface area contributed by atoms with E-state index < -0.39 is 0 Å². The number of rotatable bonds is 5. The van der Waals surface area contributed by atoms with Gasteiger partial charge >= 0.3 is 0 Å². The van der Waals surface area contributed by atoms with Gasteiger partial charge in [-0.25, -0.2) is 9.97 Å². The lowest BCUT2D eigenvalue weighted by Gasteiger charge is -2.31. The van der Waals surface area contributed by atoms with E-state index >= 15 is 0 Å². The highest BCUT2D eigenvalue weighted by Gasteiger charge is 2.18. The third-order valence-corrected chi connectivity index (χ3v) is 5.26. The largest absolute Gasteiger partial charge is 0.391 e. The lowest BCUT2D eigenvalue weighted by molar-refractivity contribution is 0.105. The van der Waals surface area contributed by atoms with Crippen molar-refractivity contribution in [1.29, 1.82) is 0 Å². The number of halogens is 1. The second kappa shape index (κ2) is 7.17. The minimum absolute atomic E-state index is 0.344. The second-order valence-corrected chi connectivity index (χ2v) is 7.46. The first-order valence-electron chi connectivity index (χ1n) is 7.64. The Morgan fingerprint density at radius 2 is 2.27 bits per heavy atom. The first-order chi connectivity index (χ1) is 10.6. The summed E-state index contributed by atoms with van der Waals surface area (Å²) in [4.78, 5) is 14.1. The molecule has 0 spiro atoms. The van der Waals surface area contributed by atoms with E-state index in [1.54, 1.807) is 6.20 Å². The van der Waals surface area contributed by atoms with Crippen LogP contribution in [0.5, 0.6) is 0 Å². The predicted octanol–water partition coefficient (Wildman–Crippen LogP) is 2.80. The molecular formula is C15H21ClN4OS. The molecule has 0 aliphatic carbocycles. The molecule has 2 aromatic rings. The van der Waals surface area contributed by atoms with Gasteiger partial charge in [0.15, 0.2) is 10.8 Å². The van der Waals surface area contributed by atoms with Crippen molar-refractivity contribution >= 4 is 34.5 Å². The number of fused-ring (bicyclic) bond motifs is 1. The molecule has 0 radical (unpaired) electrons. The summed E-state index contributed by atoms with van der Waals surface area (Å²) in [6.45, 7) is 5.22. The standard InChI is InChI=1S/C15H21ClN4OS/c1-10-2-4-20(5-3-10)8-12(21)9-22-15-18-13-6-11(16)7-17-14(13)19-15/h6-7,10,12,21H,2-5,8-9H2,1H3,(H,17,18,19). The van der Waals surface area contributed by atoms with E-state index in [2.05, 4.69) is 26.8 Å². The highest BCUT2D eigenvalue weighted by Crippen LogP contribution is 2.22. The van der Waals surface area contributed by atoms with Crippen molar-refractivity contribution < 1.29 is 5.11 Å². The van der Waals surface area contributed by atoms with Gasteiger partial charge in [0.2, 0.25) is 0 Å². The molecular weight excluding hydrogens is 320 g/mol. The fraction of sp³-hybridized carbons (Fsp3) is 0.600. The average Bonchev–Trinajstić information content (AvgIpc) is 2.89. The summed E-state index contributed by atoms with van der Waals surface area (Å²) in [5.74, 6) is 1.44. The number of aromatic nitrogens is 3. The summed E-state index contributed by atoms with van der Waals surface area (Å²) in [5.41, 5.74) is 1.49. The van der Waals surface area contributed by atoms with Crippen molar-refractivity contribution in [3.8, 4) is 0 Å². The molecule has 5 nitrogen and oxygen atoms in total. The van der Waals surface area contributed by atoms with E-state index in [-0.39, 0.29) is 6.10 Å². The van der Waals surface area contributed by atoms with Gasteiger partial charge in [0, 0.05) is 18.5 Å². The summed E-state index contributed by atoms with van der Waals surface area (Å²) in [7, 11) is 0. The van der Waals surface area contributed by atoms with E-state index in [9.17, 15) is 5.11 Å². The maximum absolute atomic E-state index is 10.2. The summed E-state index contributed by atoms with van der Waals surface area (Å²) in [5, 5.41) is 11.6. The van der Waals surface area contributed by atoms with Crippen LogP contribution in [0.4, 0.5) is 0 Å².